The second kappa shape index (κ2) is 11.5. The van der Waals surface area contributed by atoms with Crippen LogP contribution in [0.5, 0.6) is 0 Å². The van der Waals surface area contributed by atoms with Gasteiger partial charge in [-0.1, -0.05) is 5.16 Å². The maximum Gasteiger partial charge on any atom is 0.408 e. The molecule has 4 atom stereocenters. The number of nitrogens with zero attached hydrogens (tertiary/aromatic N) is 7. The second-order valence-electron chi connectivity index (χ2n) is 12.9. The maximum absolute atomic E-state index is 16.0. The average molecular weight is 682 g/mol. The van der Waals surface area contributed by atoms with Crippen molar-refractivity contribution in [3.05, 3.63) is 52.9 Å². The summed E-state index contributed by atoms with van der Waals surface area (Å²) in [6.45, 7) is 1.38. The number of fused-ring (bicyclic) bond motifs is 1. The third-order valence-corrected chi connectivity index (χ3v) is 9.41. The third-order valence-electron chi connectivity index (χ3n) is 9.41. The minimum atomic E-state index is -4.84. The molecule has 1 aliphatic heterocycles. The Balaban J connectivity index is 1.20. The minimum absolute atomic E-state index is 0.00216. The SMILES string of the molecule is Cc1nnc([C@@H](F)[C@]2(Cc3cnn4cc([C@@H](NC(=O)c5nonc5C5CC5)C5CCC(F)(F)CC5)nc4c3)C[C@@H](C(F)(F)F)NC2=O)o1. The van der Waals surface area contributed by atoms with Crippen molar-refractivity contribution in [1.29, 1.82) is 0 Å². The van der Waals surface area contributed by atoms with Crippen molar-refractivity contribution in [2.24, 2.45) is 11.3 Å². The molecule has 2 saturated carbocycles. The molecule has 4 aromatic rings. The number of halogens is 6. The first-order chi connectivity index (χ1) is 22.7. The van der Waals surface area contributed by atoms with E-state index >= 15 is 4.39 Å². The largest absolute Gasteiger partial charge is 0.422 e. The second-order valence-corrected chi connectivity index (χ2v) is 12.9. The Hall–Kier alpha value is -4.58. The molecule has 0 spiro atoms. The van der Waals surface area contributed by atoms with E-state index < -0.39 is 72.2 Å². The van der Waals surface area contributed by atoms with E-state index in [1.54, 1.807) is 0 Å². The van der Waals surface area contributed by atoms with Gasteiger partial charge < -0.3 is 15.1 Å². The number of rotatable bonds is 9. The van der Waals surface area contributed by atoms with E-state index in [9.17, 15) is 31.5 Å². The smallest absolute Gasteiger partial charge is 0.408 e. The molecule has 0 unspecified atom stereocenters. The van der Waals surface area contributed by atoms with Crippen molar-refractivity contribution in [2.75, 3.05) is 0 Å². The summed E-state index contributed by atoms with van der Waals surface area (Å²) in [4.78, 5) is 31.1. The first kappa shape index (κ1) is 32.0. The number of aromatic nitrogens is 7. The molecule has 48 heavy (non-hydrogen) atoms. The molecule has 2 aliphatic carbocycles. The van der Waals surface area contributed by atoms with E-state index in [-0.39, 0.29) is 60.1 Å². The van der Waals surface area contributed by atoms with E-state index in [1.165, 1.54) is 29.9 Å². The maximum atomic E-state index is 16.0. The normalized spacial score (nSPS) is 24.5. The lowest BCUT2D eigenvalue weighted by Gasteiger charge is -2.33. The summed E-state index contributed by atoms with van der Waals surface area (Å²) in [6, 6.07) is -1.73. The summed E-state index contributed by atoms with van der Waals surface area (Å²) >= 11 is 0. The highest BCUT2D eigenvalue weighted by Crippen LogP contribution is 2.49. The number of carbonyl (C=O) groups excluding carboxylic acids is 2. The molecule has 2 N–H and O–H groups in total. The molecule has 0 radical (unpaired) electrons. The fraction of sp³-hybridized carbons (Fsp3) is 0.586. The number of alkyl halides is 6. The first-order valence-electron chi connectivity index (χ1n) is 15.4. The Bertz CT molecular complexity index is 1840. The van der Waals surface area contributed by atoms with Gasteiger partial charge in [-0.3, -0.25) is 9.59 Å². The van der Waals surface area contributed by atoms with Crippen LogP contribution in [0.4, 0.5) is 26.3 Å². The van der Waals surface area contributed by atoms with Gasteiger partial charge in [-0.15, -0.1) is 10.2 Å². The van der Waals surface area contributed by atoms with Crippen molar-refractivity contribution in [3.63, 3.8) is 0 Å². The lowest BCUT2D eigenvalue weighted by atomic mass is 9.75. The fourth-order valence-electron chi connectivity index (χ4n) is 6.68. The molecule has 0 bridgehead atoms. The van der Waals surface area contributed by atoms with Crippen molar-refractivity contribution in [1.82, 2.24) is 45.7 Å². The van der Waals surface area contributed by atoms with Crippen LogP contribution in [-0.4, -0.2) is 65.1 Å². The quantitative estimate of drug-likeness (QED) is 0.237. The molecule has 0 aromatic carbocycles. The van der Waals surface area contributed by atoms with Crippen LogP contribution < -0.4 is 10.6 Å². The summed E-state index contributed by atoms with van der Waals surface area (Å²) in [5, 5.41) is 23.8. The van der Waals surface area contributed by atoms with Crippen LogP contribution in [0.15, 0.2) is 27.5 Å². The molecule has 3 fully saturated rings. The Morgan fingerprint density at radius 1 is 1.17 bits per heavy atom. The van der Waals surface area contributed by atoms with Crippen molar-refractivity contribution in [2.45, 2.75) is 94.6 Å². The van der Waals surface area contributed by atoms with E-state index in [2.05, 4.69) is 35.9 Å². The predicted molar refractivity (Wildman–Crippen MR) is 148 cm³/mol. The fourth-order valence-corrected chi connectivity index (χ4v) is 6.68. The Morgan fingerprint density at radius 2 is 1.92 bits per heavy atom. The number of aryl methyl sites for hydroxylation is 1. The molecule has 13 nitrogen and oxygen atoms in total. The molecule has 7 rings (SSSR count). The molecule has 2 amide bonds. The number of hydrogen-bond donors (Lipinski definition) is 2. The van der Waals surface area contributed by atoms with Gasteiger partial charge in [0, 0.05) is 25.7 Å². The average Bonchev–Trinajstić information content (AvgIpc) is 3.36. The molecule has 4 aromatic heterocycles. The highest BCUT2D eigenvalue weighted by Gasteiger charge is 2.60. The van der Waals surface area contributed by atoms with Gasteiger partial charge in [0.15, 0.2) is 17.5 Å². The van der Waals surface area contributed by atoms with Crippen LogP contribution in [0.25, 0.3) is 5.65 Å². The monoisotopic (exact) mass is 681 g/mol. The summed E-state index contributed by atoms with van der Waals surface area (Å²) in [6.07, 6.45) is -4.87. The van der Waals surface area contributed by atoms with Crippen LogP contribution in [-0.2, 0) is 11.2 Å². The Labute approximate surface area is 267 Å². The molecule has 19 heteroatoms. The molecule has 1 saturated heterocycles. The Morgan fingerprint density at radius 3 is 2.56 bits per heavy atom. The van der Waals surface area contributed by atoms with Crippen LogP contribution >= 0.6 is 0 Å². The lowest BCUT2D eigenvalue weighted by Crippen LogP contribution is -2.40. The number of imidazole rings is 1. The zero-order valence-corrected chi connectivity index (χ0v) is 25.3. The first-order valence-corrected chi connectivity index (χ1v) is 15.4. The molecule has 5 heterocycles. The van der Waals surface area contributed by atoms with Crippen molar-refractivity contribution >= 4 is 17.5 Å². The number of hydrogen-bond acceptors (Lipinski definition) is 10. The van der Waals surface area contributed by atoms with E-state index in [1.807, 2.05) is 5.32 Å². The minimum Gasteiger partial charge on any atom is -0.422 e. The van der Waals surface area contributed by atoms with Crippen LogP contribution in [0, 0.1) is 18.3 Å². The van der Waals surface area contributed by atoms with E-state index in [4.69, 9.17) is 9.05 Å². The Kier molecular flexibility index (Phi) is 7.69. The highest BCUT2D eigenvalue weighted by molar-refractivity contribution is 5.93. The number of nitrogens with one attached hydrogen (secondary N) is 2. The zero-order valence-electron chi connectivity index (χ0n) is 25.3. The van der Waals surface area contributed by atoms with Gasteiger partial charge in [-0.2, -0.15) is 18.3 Å². The van der Waals surface area contributed by atoms with Gasteiger partial charge in [-0.05, 0) is 61.2 Å². The molecular weight excluding hydrogens is 652 g/mol. The van der Waals surface area contributed by atoms with Crippen LogP contribution in [0.2, 0.25) is 0 Å². The van der Waals surface area contributed by atoms with Gasteiger partial charge in [0.25, 0.3) is 11.8 Å². The van der Waals surface area contributed by atoms with Crippen LogP contribution in [0.1, 0.15) is 102 Å². The third kappa shape index (κ3) is 5.98. The number of carbonyl (C=O) groups is 2. The van der Waals surface area contributed by atoms with E-state index in [0.717, 1.165) is 12.8 Å². The van der Waals surface area contributed by atoms with Crippen molar-refractivity contribution in [3.8, 4) is 0 Å². The lowest BCUT2D eigenvalue weighted by molar-refractivity contribution is -0.155. The van der Waals surface area contributed by atoms with Gasteiger partial charge >= 0.3 is 6.18 Å². The predicted octanol–water partition coefficient (Wildman–Crippen LogP) is 4.67. The highest BCUT2D eigenvalue weighted by atomic mass is 19.4. The summed E-state index contributed by atoms with van der Waals surface area (Å²) < 4.78 is 96.7. The van der Waals surface area contributed by atoms with Crippen molar-refractivity contribution < 1.29 is 45.0 Å². The van der Waals surface area contributed by atoms with Gasteiger partial charge in [-0.25, -0.2) is 27.3 Å². The zero-order chi connectivity index (χ0) is 34.0. The summed E-state index contributed by atoms with van der Waals surface area (Å²) in [7, 11) is 0. The van der Waals surface area contributed by atoms with Gasteiger partial charge in [0.2, 0.25) is 17.7 Å². The molecule has 3 aliphatic rings. The summed E-state index contributed by atoms with van der Waals surface area (Å²) in [5.74, 6) is -5.67. The number of amides is 2. The molecular formula is C29H29F6N9O4. The van der Waals surface area contributed by atoms with Gasteiger partial charge in [0.05, 0.1) is 29.5 Å². The standard InChI is InChI=1S/C29H29F6N9O4/c1-13-40-41-25(47-13)23(30)27(10-18(29(33,34)35)38-26(27)46)9-14-8-19-37-17(12-44(19)36-11-14)20(16-4-6-28(31,32)7-5-16)39-24(45)22-21(15-2-3-15)42-48-43-22/h8,11-12,15-16,18,20,23H,2-7,9-10H2,1H3,(H,38,46)(H,39,45)/t18-,20-,23+,27-/m0/s1. The summed E-state index contributed by atoms with van der Waals surface area (Å²) in [5.41, 5.74) is -1.23. The van der Waals surface area contributed by atoms with Crippen LogP contribution in [0.3, 0.4) is 0 Å². The van der Waals surface area contributed by atoms with E-state index in [0.29, 0.717) is 5.69 Å². The molecule has 256 valence electrons. The topological polar surface area (TPSA) is 166 Å². The van der Waals surface area contributed by atoms with Gasteiger partial charge in [0.1, 0.15) is 11.7 Å².